The summed E-state index contributed by atoms with van der Waals surface area (Å²) >= 11 is 6.62. The molecule has 0 atom stereocenters. The highest BCUT2D eigenvalue weighted by Gasteiger charge is 2.39. The Morgan fingerprint density at radius 1 is 0.655 bits per heavy atom. The van der Waals surface area contributed by atoms with Crippen LogP contribution < -0.4 is 0 Å². The van der Waals surface area contributed by atoms with Crippen molar-refractivity contribution in [3.8, 4) is 22.3 Å². The van der Waals surface area contributed by atoms with Crippen molar-refractivity contribution in [3.63, 3.8) is 0 Å². The van der Waals surface area contributed by atoms with Gasteiger partial charge in [-0.2, -0.15) is 0 Å². The third-order valence-electron chi connectivity index (χ3n) is 6.37. The van der Waals surface area contributed by atoms with E-state index in [1.807, 2.05) is 30.3 Å². The number of halogens is 1. The zero-order valence-electron chi connectivity index (χ0n) is 16.3. The minimum Gasteiger partial charge on any atom is -0.455 e. The minimum atomic E-state index is -0.102. The Balaban J connectivity index is 1.80. The molecule has 1 aromatic heterocycles. The van der Waals surface area contributed by atoms with Crippen LogP contribution in [0.15, 0.2) is 83.3 Å². The van der Waals surface area contributed by atoms with Gasteiger partial charge >= 0.3 is 0 Å². The predicted octanol–water partition coefficient (Wildman–Crippen LogP) is 8.21. The van der Waals surface area contributed by atoms with Crippen LogP contribution in [0.2, 0.25) is 5.02 Å². The first-order valence-corrected chi connectivity index (χ1v) is 10.3. The van der Waals surface area contributed by atoms with Gasteiger partial charge in [-0.15, -0.1) is 0 Å². The second kappa shape index (κ2) is 5.75. The molecule has 0 amide bonds. The van der Waals surface area contributed by atoms with Crippen LogP contribution in [0.25, 0.3) is 44.2 Å². The van der Waals surface area contributed by atoms with Gasteiger partial charge in [0.05, 0.1) is 0 Å². The Morgan fingerprint density at radius 2 is 1.38 bits per heavy atom. The number of para-hydroxylation sites is 1. The molecule has 0 fully saturated rings. The van der Waals surface area contributed by atoms with Crippen molar-refractivity contribution in [3.05, 3.63) is 95.0 Å². The van der Waals surface area contributed by atoms with Crippen molar-refractivity contribution in [2.45, 2.75) is 19.3 Å². The van der Waals surface area contributed by atoms with E-state index in [0.717, 1.165) is 38.1 Å². The van der Waals surface area contributed by atoms with Crippen LogP contribution in [0.3, 0.4) is 0 Å². The summed E-state index contributed by atoms with van der Waals surface area (Å²) in [6, 6.07) is 27.4. The second-order valence-corrected chi connectivity index (χ2v) is 8.70. The van der Waals surface area contributed by atoms with E-state index >= 15 is 0 Å². The molecular formula is C27H19ClO. The van der Waals surface area contributed by atoms with Gasteiger partial charge in [0, 0.05) is 32.3 Å². The lowest BCUT2D eigenvalue weighted by atomic mass is 9.82. The quantitative estimate of drug-likeness (QED) is 0.279. The maximum atomic E-state index is 6.62. The molecule has 0 aliphatic heterocycles. The highest BCUT2D eigenvalue weighted by molar-refractivity contribution is 6.33. The first kappa shape index (κ1) is 16.9. The molecule has 0 bridgehead atoms. The van der Waals surface area contributed by atoms with Crippen LogP contribution in [-0.4, -0.2) is 0 Å². The van der Waals surface area contributed by atoms with Gasteiger partial charge < -0.3 is 4.42 Å². The van der Waals surface area contributed by atoms with Gasteiger partial charge in [-0.3, -0.25) is 0 Å². The number of hydrogen-bond donors (Lipinski definition) is 0. The molecule has 1 nitrogen and oxygen atoms in total. The van der Waals surface area contributed by atoms with Gasteiger partial charge in [0.2, 0.25) is 0 Å². The molecule has 2 heteroatoms. The third kappa shape index (κ3) is 2.17. The summed E-state index contributed by atoms with van der Waals surface area (Å²) in [6.45, 7) is 4.59. The fraction of sp³-hybridized carbons (Fsp3) is 0.111. The average molecular weight is 395 g/mol. The first-order valence-electron chi connectivity index (χ1n) is 9.91. The van der Waals surface area contributed by atoms with Crippen molar-refractivity contribution < 1.29 is 4.42 Å². The SMILES string of the molecule is CC1(C)c2cccc(-c3ccccc3Cl)c2-c2c1ccc1c2oc2ccccc21. The summed E-state index contributed by atoms with van der Waals surface area (Å²) in [6.07, 6.45) is 0. The van der Waals surface area contributed by atoms with Crippen molar-refractivity contribution in [1.29, 1.82) is 0 Å². The van der Waals surface area contributed by atoms with E-state index in [-0.39, 0.29) is 5.41 Å². The maximum absolute atomic E-state index is 6.62. The fourth-order valence-electron chi connectivity index (χ4n) is 4.95. The molecule has 0 unspecified atom stereocenters. The number of fused-ring (bicyclic) bond motifs is 7. The van der Waals surface area contributed by atoms with Crippen LogP contribution >= 0.6 is 11.6 Å². The molecule has 0 saturated heterocycles. The van der Waals surface area contributed by atoms with Crippen molar-refractivity contribution >= 4 is 33.5 Å². The molecule has 0 radical (unpaired) electrons. The second-order valence-electron chi connectivity index (χ2n) is 8.30. The van der Waals surface area contributed by atoms with Gasteiger partial charge in [-0.25, -0.2) is 0 Å². The Labute approximate surface area is 174 Å². The van der Waals surface area contributed by atoms with E-state index < -0.39 is 0 Å². The normalized spacial score (nSPS) is 14.3. The topological polar surface area (TPSA) is 13.1 Å². The summed E-state index contributed by atoms with van der Waals surface area (Å²) in [5.74, 6) is 0. The van der Waals surface area contributed by atoms with E-state index in [0.29, 0.717) is 0 Å². The molecule has 1 heterocycles. The lowest BCUT2D eigenvalue weighted by molar-refractivity contribution is 0.653. The van der Waals surface area contributed by atoms with Crippen molar-refractivity contribution in [2.75, 3.05) is 0 Å². The molecular weight excluding hydrogens is 376 g/mol. The highest BCUT2D eigenvalue weighted by atomic mass is 35.5. The van der Waals surface area contributed by atoms with Gasteiger partial charge in [-0.1, -0.05) is 92.2 Å². The van der Waals surface area contributed by atoms with E-state index in [2.05, 4.69) is 62.4 Å². The fourth-order valence-corrected chi connectivity index (χ4v) is 5.19. The minimum absolute atomic E-state index is 0.102. The van der Waals surface area contributed by atoms with Gasteiger partial charge in [0.25, 0.3) is 0 Å². The molecule has 6 rings (SSSR count). The monoisotopic (exact) mass is 394 g/mol. The first-order chi connectivity index (χ1) is 14.1. The lowest BCUT2D eigenvalue weighted by Crippen LogP contribution is -2.14. The lowest BCUT2D eigenvalue weighted by Gasteiger charge is -2.21. The molecule has 5 aromatic rings. The third-order valence-corrected chi connectivity index (χ3v) is 6.70. The van der Waals surface area contributed by atoms with E-state index in [1.54, 1.807) is 0 Å². The molecule has 1 aliphatic rings. The predicted molar refractivity (Wildman–Crippen MR) is 122 cm³/mol. The average Bonchev–Trinajstić information content (AvgIpc) is 3.22. The molecule has 4 aromatic carbocycles. The Kier molecular flexibility index (Phi) is 3.34. The summed E-state index contributed by atoms with van der Waals surface area (Å²) in [7, 11) is 0. The van der Waals surface area contributed by atoms with Gasteiger partial charge in [-0.05, 0) is 34.4 Å². The summed E-state index contributed by atoms with van der Waals surface area (Å²) in [5, 5.41) is 3.09. The van der Waals surface area contributed by atoms with E-state index in [4.69, 9.17) is 16.0 Å². The smallest absolute Gasteiger partial charge is 0.143 e. The van der Waals surface area contributed by atoms with E-state index in [1.165, 1.54) is 22.3 Å². The van der Waals surface area contributed by atoms with Crippen LogP contribution in [0.1, 0.15) is 25.0 Å². The Morgan fingerprint density at radius 3 is 2.24 bits per heavy atom. The summed E-state index contributed by atoms with van der Waals surface area (Å²) in [5.41, 5.74) is 9.08. The molecule has 0 spiro atoms. The maximum Gasteiger partial charge on any atom is 0.143 e. The zero-order valence-corrected chi connectivity index (χ0v) is 17.0. The highest BCUT2D eigenvalue weighted by Crippen LogP contribution is 2.55. The van der Waals surface area contributed by atoms with Crippen molar-refractivity contribution in [1.82, 2.24) is 0 Å². The summed E-state index contributed by atoms with van der Waals surface area (Å²) in [4.78, 5) is 0. The molecule has 1 aliphatic carbocycles. The Bertz CT molecular complexity index is 1440. The van der Waals surface area contributed by atoms with E-state index in [9.17, 15) is 0 Å². The molecule has 29 heavy (non-hydrogen) atoms. The number of rotatable bonds is 1. The number of furan rings is 1. The van der Waals surface area contributed by atoms with Crippen LogP contribution in [0.4, 0.5) is 0 Å². The van der Waals surface area contributed by atoms with Crippen LogP contribution in [0, 0.1) is 0 Å². The Hall–Kier alpha value is -3.03. The molecule has 0 saturated carbocycles. The largest absolute Gasteiger partial charge is 0.455 e. The molecule has 0 N–H and O–H groups in total. The standard InChI is InChI=1S/C27H19ClO/c1-27(2)20-11-7-10-18(16-8-3-5-12-22(16)28)24(20)25-21(27)15-14-19-17-9-4-6-13-23(17)29-26(19)25/h3-15H,1-2H3. The van der Waals surface area contributed by atoms with Crippen LogP contribution in [-0.2, 0) is 5.41 Å². The van der Waals surface area contributed by atoms with Gasteiger partial charge in [0.15, 0.2) is 0 Å². The van der Waals surface area contributed by atoms with Gasteiger partial charge in [0.1, 0.15) is 11.2 Å². The number of hydrogen-bond acceptors (Lipinski definition) is 1. The van der Waals surface area contributed by atoms with Crippen molar-refractivity contribution in [2.24, 2.45) is 0 Å². The number of benzene rings is 4. The molecule has 140 valence electrons. The zero-order chi connectivity index (χ0) is 19.8. The van der Waals surface area contributed by atoms with Crippen LogP contribution in [0.5, 0.6) is 0 Å². The summed E-state index contributed by atoms with van der Waals surface area (Å²) < 4.78 is 6.43.